The van der Waals surface area contributed by atoms with E-state index in [2.05, 4.69) is 0 Å². The summed E-state index contributed by atoms with van der Waals surface area (Å²) in [5, 5.41) is 5.07. The van der Waals surface area contributed by atoms with Crippen LogP contribution in [0.4, 0.5) is 0 Å². The highest BCUT2D eigenvalue weighted by Gasteiger charge is 2.35. The molecule has 1 fully saturated rings. The second kappa shape index (κ2) is 5.76. The number of fused-ring (bicyclic) bond motifs is 1. The van der Waals surface area contributed by atoms with Crippen LogP contribution < -0.4 is 5.14 Å². The standard InChI is InChI=1S/C15H20N2O5S/c1-9-13(14-11(18)3-2-4-12(14)22-9)15(19)17-6-5-10(7-17)8-23(16,20)21/h10H,2-8H2,1H3,(H2,16,20,21)/t10-/m0/s1. The molecule has 0 radical (unpaired) electrons. The van der Waals surface area contributed by atoms with E-state index in [9.17, 15) is 18.0 Å². The van der Waals surface area contributed by atoms with Crippen LogP contribution in [-0.4, -0.2) is 43.9 Å². The minimum absolute atomic E-state index is 0.0493. The predicted molar refractivity (Wildman–Crippen MR) is 82.7 cm³/mol. The van der Waals surface area contributed by atoms with Crippen LogP contribution in [0.2, 0.25) is 0 Å². The van der Waals surface area contributed by atoms with Gasteiger partial charge in [0.05, 0.1) is 16.9 Å². The van der Waals surface area contributed by atoms with Gasteiger partial charge < -0.3 is 9.32 Å². The van der Waals surface area contributed by atoms with Crippen molar-refractivity contribution in [2.45, 2.75) is 32.6 Å². The molecule has 126 valence electrons. The number of rotatable bonds is 3. The Morgan fingerprint density at radius 3 is 2.83 bits per heavy atom. The van der Waals surface area contributed by atoms with Crippen molar-refractivity contribution in [1.82, 2.24) is 4.90 Å². The van der Waals surface area contributed by atoms with Crippen molar-refractivity contribution in [3.63, 3.8) is 0 Å². The normalized spacial score (nSPS) is 21.6. The lowest BCUT2D eigenvalue weighted by Gasteiger charge is -2.17. The van der Waals surface area contributed by atoms with E-state index in [4.69, 9.17) is 9.56 Å². The Morgan fingerprint density at radius 1 is 1.39 bits per heavy atom. The van der Waals surface area contributed by atoms with E-state index in [1.165, 1.54) is 0 Å². The summed E-state index contributed by atoms with van der Waals surface area (Å²) < 4.78 is 28.0. The fraction of sp³-hybridized carbons (Fsp3) is 0.600. The summed E-state index contributed by atoms with van der Waals surface area (Å²) in [4.78, 5) is 26.5. The first kappa shape index (κ1) is 16.2. The number of sulfonamides is 1. The van der Waals surface area contributed by atoms with E-state index in [0.717, 1.165) is 6.42 Å². The quantitative estimate of drug-likeness (QED) is 0.877. The number of likely N-dealkylation sites (tertiary alicyclic amines) is 1. The molecule has 1 amide bonds. The number of carbonyl (C=O) groups excluding carboxylic acids is 2. The number of furan rings is 1. The number of nitrogens with two attached hydrogens (primary N) is 1. The third kappa shape index (κ3) is 3.18. The Kier molecular flexibility index (Phi) is 4.05. The molecule has 0 aromatic carbocycles. The molecule has 2 heterocycles. The summed E-state index contributed by atoms with van der Waals surface area (Å²) in [6.07, 6.45) is 2.44. The highest BCUT2D eigenvalue weighted by Crippen LogP contribution is 2.31. The topological polar surface area (TPSA) is 111 Å². The summed E-state index contributed by atoms with van der Waals surface area (Å²) >= 11 is 0. The molecule has 1 aliphatic carbocycles. The third-order valence-corrected chi connectivity index (χ3v) is 5.43. The van der Waals surface area contributed by atoms with Crippen LogP contribution in [0.15, 0.2) is 4.42 Å². The summed E-state index contributed by atoms with van der Waals surface area (Å²) in [7, 11) is -3.55. The van der Waals surface area contributed by atoms with Crippen LogP contribution in [0.5, 0.6) is 0 Å². The van der Waals surface area contributed by atoms with Crippen LogP contribution >= 0.6 is 0 Å². The average molecular weight is 340 g/mol. The number of nitrogens with zero attached hydrogens (tertiary/aromatic N) is 1. The molecule has 2 N–H and O–H groups in total. The van der Waals surface area contributed by atoms with Crippen LogP contribution in [0, 0.1) is 12.8 Å². The molecule has 1 aliphatic heterocycles. The molecule has 8 heteroatoms. The molecule has 2 aliphatic rings. The van der Waals surface area contributed by atoms with Crippen molar-refractivity contribution in [3.05, 3.63) is 22.6 Å². The molecule has 7 nitrogen and oxygen atoms in total. The number of Topliss-reactive ketones (excluding diaryl/α,β-unsaturated/α-hetero) is 1. The zero-order chi connectivity index (χ0) is 16.8. The molecule has 23 heavy (non-hydrogen) atoms. The summed E-state index contributed by atoms with van der Waals surface area (Å²) in [6, 6.07) is 0. The van der Waals surface area contributed by atoms with Crippen molar-refractivity contribution >= 4 is 21.7 Å². The number of ketones is 1. The maximum Gasteiger partial charge on any atom is 0.258 e. The van der Waals surface area contributed by atoms with Gasteiger partial charge in [0.25, 0.3) is 5.91 Å². The molecule has 1 atom stereocenters. The maximum atomic E-state index is 12.8. The Balaban J connectivity index is 1.82. The summed E-state index contributed by atoms with van der Waals surface area (Å²) in [5.41, 5.74) is 0.773. The lowest BCUT2D eigenvalue weighted by molar-refractivity contribution is 0.0780. The number of amides is 1. The largest absolute Gasteiger partial charge is 0.465 e. The van der Waals surface area contributed by atoms with E-state index in [-0.39, 0.29) is 23.4 Å². The molecule has 1 aromatic rings. The van der Waals surface area contributed by atoms with Crippen molar-refractivity contribution in [2.75, 3.05) is 18.8 Å². The van der Waals surface area contributed by atoms with Crippen LogP contribution in [0.3, 0.4) is 0 Å². The van der Waals surface area contributed by atoms with E-state index in [1.54, 1.807) is 11.8 Å². The van der Waals surface area contributed by atoms with E-state index in [1.807, 2.05) is 0 Å². The Labute approximate surface area is 134 Å². The molecule has 0 saturated carbocycles. The number of hydrogen-bond donors (Lipinski definition) is 1. The molecule has 1 saturated heterocycles. The number of carbonyl (C=O) groups is 2. The lowest BCUT2D eigenvalue weighted by Crippen LogP contribution is -2.32. The van der Waals surface area contributed by atoms with Gasteiger partial charge in [0, 0.05) is 25.9 Å². The third-order valence-electron chi connectivity index (χ3n) is 4.50. The van der Waals surface area contributed by atoms with E-state index < -0.39 is 10.0 Å². The first-order valence-electron chi connectivity index (χ1n) is 7.71. The van der Waals surface area contributed by atoms with Gasteiger partial charge in [-0.1, -0.05) is 0 Å². The van der Waals surface area contributed by atoms with Gasteiger partial charge in [-0.3, -0.25) is 9.59 Å². The van der Waals surface area contributed by atoms with Crippen LogP contribution in [0.1, 0.15) is 51.5 Å². The van der Waals surface area contributed by atoms with E-state index in [0.29, 0.717) is 55.0 Å². The van der Waals surface area contributed by atoms with Crippen molar-refractivity contribution < 1.29 is 22.4 Å². The summed E-state index contributed by atoms with van der Waals surface area (Å²) in [5.74, 6) is 0.477. The Morgan fingerprint density at radius 2 is 2.13 bits per heavy atom. The lowest BCUT2D eigenvalue weighted by atomic mass is 9.93. The second-order valence-electron chi connectivity index (χ2n) is 6.34. The van der Waals surface area contributed by atoms with E-state index >= 15 is 0 Å². The van der Waals surface area contributed by atoms with Gasteiger partial charge >= 0.3 is 0 Å². The van der Waals surface area contributed by atoms with Crippen LogP contribution in [-0.2, 0) is 16.4 Å². The molecule has 3 rings (SSSR count). The van der Waals surface area contributed by atoms with Gasteiger partial charge in [-0.15, -0.1) is 0 Å². The van der Waals surface area contributed by atoms with Crippen molar-refractivity contribution in [2.24, 2.45) is 11.1 Å². The molecule has 0 spiro atoms. The smallest absolute Gasteiger partial charge is 0.258 e. The zero-order valence-corrected chi connectivity index (χ0v) is 13.8. The molecule has 1 aromatic heterocycles. The van der Waals surface area contributed by atoms with Crippen molar-refractivity contribution in [3.8, 4) is 0 Å². The highest BCUT2D eigenvalue weighted by molar-refractivity contribution is 7.89. The Bertz CT molecular complexity index is 765. The first-order chi connectivity index (χ1) is 10.8. The molecule has 0 bridgehead atoms. The fourth-order valence-corrected chi connectivity index (χ4v) is 4.43. The maximum absolute atomic E-state index is 12.8. The minimum Gasteiger partial charge on any atom is -0.465 e. The van der Waals surface area contributed by atoms with Gasteiger partial charge in [-0.2, -0.15) is 0 Å². The number of primary sulfonamides is 1. The summed E-state index contributed by atoms with van der Waals surface area (Å²) in [6.45, 7) is 2.49. The van der Waals surface area contributed by atoms with Gasteiger partial charge in [0.15, 0.2) is 5.78 Å². The minimum atomic E-state index is -3.55. The SMILES string of the molecule is Cc1oc2c(c1C(=O)N1CC[C@H](CS(N)(=O)=O)C1)C(=O)CCC2. The second-order valence-corrected chi connectivity index (χ2v) is 8.00. The molecule has 0 unspecified atom stereocenters. The first-order valence-corrected chi connectivity index (χ1v) is 9.43. The van der Waals surface area contributed by atoms with Crippen molar-refractivity contribution in [1.29, 1.82) is 0 Å². The average Bonchev–Trinajstić information content (AvgIpc) is 3.01. The predicted octanol–water partition coefficient (Wildman–Crippen LogP) is 0.858. The number of hydrogen-bond acceptors (Lipinski definition) is 5. The van der Waals surface area contributed by atoms with Crippen LogP contribution in [0.25, 0.3) is 0 Å². The molecular weight excluding hydrogens is 320 g/mol. The van der Waals surface area contributed by atoms with Gasteiger partial charge in [0.1, 0.15) is 11.5 Å². The zero-order valence-electron chi connectivity index (χ0n) is 13.0. The van der Waals surface area contributed by atoms with Gasteiger partial charge in [0.2, 0.25) is 10.0 Å². The number of aryl methyl sites for hydroxylation is 2. The fourth-order valence-electron chi connectivity index (χ4n) is 3.51. The van der Waals surface area contributed by atoms with Gasteiger partial charge in [-0.05, 0) is 25.7 Å². The molecular formula is C15H20N2O5S. The van der Waals surface area contributed by atoms with Gasteiger partial charge in [-0.25, -0.2) is 13.6 Å². The highest BCUT2D eigenvalue weighted by atomic mass is 32.2. The Hall–Kier alpha value is -1.67. The monoisotopic (exact) mass is 340 g/mol.